The summed E-state index contributed by atoms with van der Waals surface area (Å²) < 4.78 is 0. The lowest BCUT2D eigenvalue weighted by Crippen LogP contribution is -2.33. The van der Waals surface area contributed by atoms with Gasteiger partial charge in [0.1, 0.15) is 0 Å². The summed E-state index contributed by atoms with van der Waals surface area (Å²) in [6.07, 6.45) is 1.17. The van der Waals surface area contributed by atoms with Crippen molar-refractivity contribution < 1.29 is 4.79 Å². The molecule has 0 bridgehead atoms. The molecule has 20 heavy (non-hydrogen) atoms. The van der Waals surface area contributed by atoms with Gasteiger partial charge in [0.15, 0.2) is 0 Å². The number of nitrogens with one attached hydrogen (secondary N) is 1. The number of nitrogens with two attached hydrogens (primary N) is 1. The third-order valence-corrected chi connectivity index (χ3v) is 4.05. The van der Waals surface area contributed by atoms with Gasteiger partial charge in [0.05, 0.1) is 0 Å². The van der Waals surface area contributed by atoms with Crippen molar-refractivity contribution in [3.8, 4) is 0 Å². The fourth-order valence-electron chi connectivity index (χ4n) is 2.63. The zero-order valence-corrected chi connectivity index (χ0v) is 12.4. The molecule has 1 aliphatic heterocycles. The molecule has 0 aliphatic carbocycles. The van der Waals surface area contributed by atoms with Gasteiger partial charge in [-0.1, -0.05) is 12.1 Å². The summed E-state index contributed by atoms with van der Waals surface area (Å²) in [6, 6.07) is 8.09. The molecule has 1 aliphatic rings. The minimum absolute atomic E-state index is 0.0107. The van der Waals surface area contributed by atoms with Crippen molar-refractivity contribution in [2.75, 3.05) is 19.6 Å². The van der Waals surface area contributed by atoms with Gasteiger partial charge in [-0.2, -0.15) is 0 Å². The Labute approximate surface area is 121 Å². The highest BCUT2D eigenvalue weighted by atomic mass is 16.1. The Hall–Kier alpha value is -1.39. The molecule has 3 N–H and O–H groups in total. The van der Waals surface area contributed by atoms with Crippen molar-refractivity contribution in [3.63, 3.8) is 0 Å². The van der Waals surface area contributed by atoms with E-state index in [9.17, 15) is 4.79 Å². The van der Waals surface area contributed by atoms with Gasteiger partial charge in [-0.3, -0.25) is 4.79 Å². The summed E-state index contributed by atoms with van der Waals surface area (Å²) in [5.74, 6) is 0.584. The monoisotopic (exact) mass is 275 g/mol. The van der Waals surface area contributed by atoms with E-state index in [0.29, 0.717) is 24.1 Å². The Kier molecular flexibility index (Phi) is 5.15. The first-order chi connectivity index (χ1) is 9.60. The molecule has 0 spiro atoms. The molecule has 1 unspecified atom stereocenters. The van der Waals surface area contributed by atoms with Gasteiger partial charge in [0.2, 0.25) is 0 Å². The number of nitrogens with zero attached hydrogens (tertiary/aromatic N) is 1. The topological polar surface area (TPSA) is 58.4 Å². The van der Waals surface area contributed by atoms with E-state index in [-0.39, 0.29) is 5.91 Å². The molecule has 1 fully saturated rings. The van der Waals surface area contributed by atoms with Crippen molar-refractivity contribution >= 4 is 5.91 Å². The number of amides is 1. The molecule has 2 rings (SSSR count). The quantitative estimate of drug-likeness (QED) is 0.858. The number of hydrogen-bond acceptors (Lipinski definition) is 3. The summed E-state index contributed by atoms with van der Waals surface area (Å²) >= 11 is 0. The van der Waals surface area contributed by atoms with E-state index >= 15 is 0 Å². The fourth-order valence-corrected chi connectivity index (χ4v) is 2.63. The number of carbonyl (C=O) groups is 1. The van der Waals surface area contributed by atoms with Crippen LogP contribution in [0.3, 0.4) is 0 Å². The SMILES string of the molecule is CC(C)N1CCC(CNC(=O)c2ccc(CN)cc2)C1. The van der Waals surface area contributed by atoms with E-state index < -0.39 is 0 Å². The van der Waals surface area contributed by atoms with Crippen LogP contribution in [0.15, 0.2) is 24.3 Å². The summed E-state index contributed by atoms with van der Waals surface area (Å²) in [6.45, 7) is 7.95. The smallest absolute Gasteiger partial charge is 0.251 e. The highest BCUT2D eigenvalue weighted by Gasteiger charge is 2.24. The number of rotatable bonds is 5. The first kappa shape index (κ1) is 15.0. The van der Waals surface area contributed by atoms with E-state index in [2.05, 4.69) is 24.1 Å². The van der Waals surface area contributed by atoms with Gasteiger partial charge in [-0.05, 0) is 50.4 Å². The summed E-state index contributed by atoms with van der Waals surface area (Å²) in [7, 11) is 0. The molecule has 0 saturated carbocycles. The Balaban J connectivity index is 1.80. The van der Waals surface area contributed by atoms with Crippen molar-refractivity contribution in [1.29, 1.82) is 0 Å². The van der Waals surface area contributed by atoms with Crippen LogP contribution in [0.5, 0.6) is 0 Å². The van der Waals surface area contributed by atoms with Crippen molar-refractivity contribution in [3.05, 3.63) is 35.4 Å². The van der Waals surface area contributed by atoms with E-state index in [1.54, 1.807) is 0 Å². The van der Waals surface area contributed by atoms with E-state index in [4.69, 9.17) is 5.73 Å². The Morgan fingerprint density at radius 2 is 2.10 bits per heavy atom. The Bertz CT molecular complexity index is 442. The molecule has 1 heterocycles. The van der Waals surface area contributed by atoms with Gasteiger partial charge in [0, 0.05) is 31.2 Å². The Morgan fingerprint density at radius 1 is 1.40 bits per heavy atom. The van der Waals surface area contributed by atoms with E-state index in [1.807, 2.05) is 24.3 Å². The predicted molar refractivity (Wildman–Crippen MR) is 81.5 cm³/mol. The van der Waals surface area contributed by atoms with E-state index in [0.717, 1.165) is 25.2 Å². The lowest BCUT2D eigenvalue weighted by molar-refractivity contribution is 0.0947. The molecule has 110 valence electrons. The molecule has 1 aromatic rings. The Morgan fingerprint density at radius 3 is 2.65 bits per heavy atom. The molecular weight excluding hydrogens is 250 g/mol. The second kappa shape index (κ2) is 6.86. The standard InChI is InChI=1S/C16H25N3O/c1-12(2)19-8-7-14(11-19)10-18-16(20)15-5-3-13(9-17)4-6-15/h3-6,12,14H,7-11,17H2,1-2H3,(H,18,20). The lowest BCUT2D eigenvalue weighted by atomic mass is 10.1. The minimum atomic E-state index is 0.0107. The largest absolute Gasteiger partial charge is 0.352 e. The molecule has 1 atom stereocenters. The molecule has 0 aromatic heterocycles. The van der Waals surface area contributed by atoms with Crippen LogP contribution >= 0.6 is 0 Å². The molecule has 1 aromatic carbocycles. The third-order valence-electron chi connectivity index (χ3n) is 4.05. The van der Waals surface area contributed by atoms with Crippen LogP contribution in [0, 0.1) is 5.92 Å². The average Bonchev–Trinajstić information content (AvgIpc) is 2.94. The molecule has 0 radical (unpaired) electrons. The molecule has 4 nitrogen and oxygen atoms in total. The first-order valence-corrected chi connectivity index (χ1v) is 7.41. The summed E-state index contributed by atoms with van der Waals surface area (Å²) in [5.41, 5.74) is 7.30. The van der Waals surface area contributed by atoms with Gasteiger partial charge in [-0.25, -0.2) is 0 Å². The molecule has 1 saturated heterocycles. The maximum Gasteiger partial charge on any atom is 0.251 e. The fraction of sp³-hybridized carbons (Fsp3) is 0.562. The van der Waals surface area contributed by atoms with Crippen molar-refractivity contribution in [2.45, 2.75) is 32.9 Å². The van der Waals surface area contributed by atoms with Gasteiger partial charge in [0.25, 0.3) is 5.91 Å². The highest BCUT2D eigenvalue weighted by Crippen LogP contribution is 2.17. The van der Waals surface area contributed by atoms with Crippen LogP contribution < -0.4 is 11.1 Å². The van der Waals surface area contributed by atoms with Crippen LogP contribution in [-0.2, 0) is 6.54 Å². The van der Waals surface area contributed by atoms with Gasteiger partial charge in [-0.15, -0.1) is 0 Å². The molecule has 4 heteroatoms. The highest BCUT2D eigenvalue weighted by molar-refractivity contribution is 5.94. The van der Waals surface area contributed by atoms with Gasteiger partial charge >= 0.3 is 0 Å². The van der Waals surface area contributed by atoms with Crippen LogP contribution in [-0.4, -0.2) is 36.5 Å². The maximum atomic E-state index is 12.1. The van der Waals surface area contributed by atoms with Crippen molar-refractivity contribution in [2.24, 2.45) is 11.7 Å². The van der Waals surface area contributed by atoms with Crippen LogP contribution in [0.25, 0.3) is 0 Å². The van der Waals surface area contributed by atoms with Crippen LogP contribution in [0.1, 0.15) is 36.2 Å². The number of benzene rings is 1. The maximum absolute atomic E-state index is 12.1. The number of likely N-dealkylation sites (tertiary alicyclic amines) is 1. The lowest BCUT2D eigenvalue weighted by Gasteiger charge is -2.20. The molecular formula is C16H25N3O. The third kappa shape index (κ3) is 3.81. The normalized spacial score (nSPS) is 19.5. The van der Waals surface area contributed by atoms with E-state index in [1.165, 1.54) is 6.42 Å². The van der Waals surface area contributed by atoms with Gasteiger partial charge < -0.3 is 16.0 Å². The second-order valence-corrected chi connectivity index (χ2v) is 5.85. The van der Waals surface area contributed by atoms with Crippen LogP contribution in [0.4, 0.5) is 0 Å². The second-order valence-electron chi connectivity index (χ2n) is 5.85. The zero-order valence-electron chi connectivity index (χ0n) is 12.4. The number of carbonyl (C=O) groups excluding carboxylic acids is 1. The minimum Gasteiger partial charge on any atom is -0.352 e. The van der Waals surface area contributed by atoms with Crippen molar-refractivity contribution in [1.82, 2.24) is 10.2 Å². The molecule has 1 amide bonds. The zero-order chi connectivity index (χ0) is 14.5. The first-order valence-electron chi connectivity index (χ1n) is 7.41. The number of hydrogen-bond donors (Lipinski definition) is 2. The summed E-state index contributed by atoms with van der Waals surface area (Å²) in [4.78, 5) is 14.5. The average molecular weight is 275 g/mol. The van der Waals surface area contributed by atoms with Crippen LogP contribution in [0.2, 0.25) is 0 Å². The predicted octanol–water partition coefficient (Wildman–Crippen LogP) is 1.61. The summed E-state index contributed by atoms with van der Waals surface area (Å²) in [5, 5.41) is 3.04.